The lowest BCUT2D eigenvalue weighted by Crippen LogP contribution is -2.18. The largest absolute Gasteiger partial charge is 0.354 e. The Morgan fingerprint density at radius 3 is 2.80 bits per heavy atom. The van der Waals surface area contributed by atoms with Gasteiger partial charge in [-0.05, 0) is 30.3 Å². The summed E-state index contributed by atoms with van der Waals surface area (Å²) in [7, 11) is 0. The first-order valence-electron chi connectivity index (χ1n) is 9.67. The van der Waals surface area contributed by atoms with Crippen LogP contribution >= 0.6 is 23.2 Å². The van der Waals surface area contributed by atoms with E-state index in [1.54, 1.807) is 12.4 Å². The molecule has 0 saturated carbocycles. The van der Waals surface area contributed by atoms with Gasteiger partial charge in [-0.15, -0.1) is 0 Å². The topological polar surface area (TPSA) is 91.4 Å². The number of halogens is 2. The molecule has 30 heavy (non-hydrogen) atoms. The Balaban J connectivity index is 1.28. The van der Waals surface area contributed by atoms with Gasteiger partial charge in [-0.2, -0.15) is 5.10 Å². The Morgan fingerprint density at radius 2 is 1.93 bits per heavy atom. The molecule has 0 unspecified atom stereocenters. The maximum absolute atomic E-state index is 6.28. The maximum Gasteiger partial charge on any atom is 0.222 e. The molecule has 0 spiro atoms. The fourth-order valence-electron chi connectivity index (χ4n) is 3.10. The number of hydrogen-bond acceptors (Lipinski definition) is 6. The van der Waals surface area contributed by atoms with E-state index in [1.165, 1.54) is 0 Å². The second-order valence-electron chi connectivity index (χ2n) is 6.78. The third-order valence-corrected chi connectivity index (χ3v) is 5.19. The second-order valence-corrected chi connectivity index (χ2v) is 7.62. The number of H-pyrrole nitrogens is 1. The molecule has 1 aromatic carbocycles. The van der Waals surface area contributed by atoms with Crippen molar-refractivity contribution >= 4 is 40.1 Å². The zero-order valence-corrected chi connectivity index (χ0v) is 17.7. The lowest BCUT2D eigenvalue weighted by molar-refractivity contribution is 0.668. The van der Waals surface area contributed by atoms with Gasteiger partial charge in [0, 0.05) is 54.8 Å². The molecule has 154 valence electrons. The minimum atomic E-state index is 0.561. The number of nitrogens with zero attached hydrogens (tertiary/aromatic N) is 4. The standard InChI is InChI=1S/C21H21Cl2N7/c22-14-4-5-18-16(11-14)20(30-29-18)13-24-9-7-19-17(23)12-27-21(28-19)26-10-6-15-3-1-2-8-25-15/h1-5,8,11-12,24H,6-7,9-10,13H2,(H,29,30)(H,26,27,28). The van der Waals surface area contributed by atoms with Crippen LogP contribution in [-0.2, 0) is 19.4 Å². The lowest BCUT2D eigenvalue weighted by atomic mass is 10.2. The predicted molar refractivity (Wildman–Crippen MR) is 120 cm³/mol. The van der Waals surface area contributed by atoms with Crippen LogP contribution in [0.25, 0.3) is 10.9 Å². The van der Waals surface area contributed by atoms with E-state index in [-0.39, 0.29) is 0 Å². The number of fused-ring (bicyclic) bond motifs is 1. The van der Waals surface area contributed by atoms with Crippen molar-refractivity contribution in [1.29, 1.82) is 0 Å². The zero-order chi connectivity index (χ0) is 20.8. The Morgan fingerprint density at radius 1 is 1.00 bits per heavy atom. The highest BCUT2D eigenvalue weighted by atomic mass is 35.5. The zero-order valence-electron chi connectivity index (χ0n) is 16.2. The molecule has 0 aliphatic heterocycles. The van der Waals surface area contributed by atoms with Gasteiger partial charge in [-0.25, -0.2) is 9.97 Å². The normalized spacial score (nSPS) is 11.1. The van der Waals surface area contributed by atoms with E-state index in [4.69, 9.17) is 23.2 Å². The number of aromatic nitrogens is 5. The Kier molecular flexibility index (Phi) is 6.74. The highest BCUT2D eigenvalue weighted by molar-refractivity contribution is 6.31. The molecule has 0 atom stereocenters. The molecule has 0 bridgehead atoms. The van der Waals surface area contributed by atoms with Gasteiger partial charge < -0.3 is 10.6 Å². The molecule has 3 N–H and O–H groups in total. The minimum absolute atomic E-state index is 0.561. The molecule has 0 aliphatic rings. The summed E-state index contributed by atoms with van der Waals surface area (Å²) in [4.78, 5) is 13.1. The third kappa shape index (κ3) is 5.24. The van der Waals surface area contributed by atoms with Gasteiger partial charge in [-0.1, -0.05) is 29.3 Å². The molecule has 0 fully saturated rings. The number of hydrogen-bond donors (Lipinski definition) is 3. The quantitative estimate of drug-likeness (QED) is 0.339. The van der Waals surface area contributed by atoms with Crippen molar-refractivity contribution in [1.82, 2.24) is 30.5 Å². The summed E-state index contributed by atoms with van der Waals surface area (Å²) in [6.07, 6.45) is 4.91. The van der Waals surface area contributed by atoms with Crippen molar-refractivity contribution in [2.45, 2.75) is 19.4 Å². The van der Waals surface area contributed by atoms with Gasteiger partial charge in [0.15, 0.2) is 0 Å². The Hall–Kier alpha value is -2.74. The van der Waals surface area contributed by atoms with Crippen LogP contribution < -0.4 is 10.6 Å². The van der Waals surface area contributed by atoms with Crippen LogP contribution in [0, 0.1) is 0 Å². The number of nitrogens with one attached hydrogen (secondary N) is 3. The first kappa shape index (κ1) is 20.5. The number of pyridine rings is 1. The van der Waals surface area contributed by atoms with Crippen molar-refractivity contribution in [3.63, 3.8) is 0 Å². The number of anilines is 1. The summed E-state index contributed by atoms with van der Waals surface area (Å²) in [5.41, 5.74) is 3.72. The van der Waals surface area contributed by atoms with Crippen LogP contribution in [0.5, 0.6) is 0 Å². The summed E-state index contributed by atoms with van der Waals surface area (Å²) in [5, 5.41) is 16.3. The predicted octanol–water partition coefficient (Wildman–Crippen LogP) is 4.04. The van der Waals surface area contributed by atoms with Crippen LogP contribution in [0.1, 0.15) is 17.1 Å². The van der Waals surface area contributed by atoms with E-state index in [1.807, 2.05) is 36.4 Å². The summed E-state index contributed by atoms with van der Waals surface area (Å²) in [6.45, 7) is 2.06. The summed E-state index contributed by atoms with van der Waals surface area (Å²) >= 11 is 12.4. The van der Waals surface area contributed by atoms with Crippen molar-refractivity contribution < 1.29 is 0 Å². The number of rotatable bonds is 9. The monoisotopic (exact) mass is 441 g/mol. The lowest BCUT2D eigenvalue weighted by Gasteiger charge is -2.09. The Labute approximate surface area is 184 Å². The first-order chi connectivity index (χ1) is 14.7. The average molecular weight is 442 g/mol. The molecule has 0 amide bonds. The van der Waals surface area contributed by atoms with Crippen LogP contribution in [0.3, 0.4) is 0 Å². The molecule has 0 radical (unpaired) electrons. The fourth-order valence-corrected chi connectivity index (χ4v) is 3.46. The summed E-state index contributed by atoms with van der Waals surface area (Å²) in [6, 6.07) is 11.5. The molecule has 9 heteroatoms. The van der Waals surface area contributed by atoms with Crippen molar-refractivity contribution in [3.05, 3.63) is 75.9 Å². The Bertz CT molecular complexity index is 1120. The fraction of sp³-hybridized carbons (Fsp3) is 0.238. The molecule has 0 aliphatic carbocycles. The highest BCUT2D eigenvalue weighted by Gasteiger charge is 2.08. The summed E-state index contributed by atoms with van der Waals surface area (Å²) < 4.78 is 0. The van der Waals surface area contributed by atoms with Gasteiger partial charge in [0.25, 0.3) is 0 Å². The van der Waals surface area contributed by atoms with Gasteiger partial charge >= 0.3 is 0 Å². The number of aromatic amines is 1. The molecular weight excluding hydrogens is 421 g/mol. The van der Waals surface area contributed by atoms with Gasteiger partial charge in [-0.3, -0.25) is 10.1 Å². The molecule has 3 heterocycles. The molecular formula is C21H21Cl2N7. The van der Waals surface area contributed by atoms with E-state index in [2.05, 4.69) is 35.8 Å². The van der Waals surface area contributed by atoms with Crippen molar-refractivity contribution in [3.8, 4) is 0 Å². The number of benzene rings is 1. The van der Waals surface area contributed by atoms with E-state index in [0.717, 1.165) is 34.4 Å². The van der Waals surface area contributed by atoms with Crippen molar-refractivity contribution in [2.24, 2.45) is 0 Å². The summed E-state index contributed by atoms with van der Waals surface area (Å²) in [5.74, 6) is 0.569. The van der Waals surface area contributed by atoms with Crippen LogP contribution in [0.15, 0.2) is 48.8 Å². The second kappa shape index (κ2) is 9.84. The van der Waals surface area contributed by atoms with Crippen LogP contribution in [0.2, 0.25) is 10.0 Å². The maximum atomic E-state index is 6.28. The molecule has 3 aromatic heterocycles. The van der Waals surface area contributed by atoms with E-state index in [0.29, 0.717) is 42.0 Å². The average Bonchev–Trinajstić information content (AvgIpc) is 3.16. The van der Waals surface area contributed by atoms with E-state index >= 15 is 0 Å². The molecule has 4 rings (SSSR count). The SMILES string of the molecule is Clc1ccc2n[nH]c(CNCCc3nc(NCCc4ccccn4)ncc3Cl)c2c1. The third-order valence-electron chi connectivity index (χ3n) is 4.64. The van der Waals surface area contributed by atoms with Gasteiger partial charge in [0.2, 0.25) is 5.95 Å². The minimum Gasteiger partial charge on any atom is -0.354 e. The van der Waals surface area contributed by atoms with Gasteiger partial charge in [0.05, 0.1) is 28.1 Å². The first-order valence-corrected chi connectivity index (χ1v) is 10.4. The molecule has 7 nitrogen and oxygen atoms in total. The van der Waals surface area contributed by atoms with E-state index in [9.17, 15) is 0 Å². The molecule has 4 aromatic rings. The van der Waals surface area contributed by atoms with E-state index < -0.39 is 0 Å². The smallest absolute Gasteiger partial charge is 0.222 e. The van der Waals surface area contributed by atoms with Crippen LogP contribution in [0.4, 0.5) is 5.95 Å². The van der Waals surface area contributed by atoms with Gasteiger partial charge in [0.1, 0.15) is 0 Å². The highest BCUT2D eigenvalue weighted by Crippen LogP contribution is 2.20. The van der Waals surface area contributed by atoms with Crippen LogP contribution in [-0.4, -0.2) is 38.2 Å². The van der Waals surface area contributed by atoms with Crippen molar-refractivity contribution in [2.75, 3.05) is 18.4 Å². The molecule has 0 saturated heterocycles.